The van der Waals surface area contributed by atoms with E-state index in [0.29, 0.717) is 34.8 Å². The SMILES string of the molecule is CO[C@@H](C)c1c(NC(=O)Nc2cc(Cl)cnc2OCCNC(=O)CCOCCOCCNc2cccc3c2C(=O)N(C2CCC(=O)NC2=O)C3O)cnc2cc(Cl)nn12. The molecule has 2 aliphatic rings. The number of hydrogen-bond acceptors (Lipinski definition) is 14. The summed E-state index contributed by atoms with van der Waals surface area (Å²) in [6.07, 6.45) is 1.34. The van der Waals surface area contributed by atoms with Crippen molar-refractivity contribution >= 4 is 75.6 Å². The number of fused-ring (bicyclic) bond motifs is 2. The van der Waals surface area contributed by atoms with E-state index in [1.165, 1.54) is 30.1 Å². The van der Waals surface area contributed by atoms with Crippen molar-refractivity contribution in [3.05, 3.63) is 69.7 Å². The highest BCUT2D eigenvalue weighted by atomic mass is 35.5. The zero-order valence-electron chi connectivity index (χ0n) is 32.0. The molecule has 5 heterocycles. The molecule has 0 saturated carbocycles. The van der Waals surface area contributed by atoms with E-state index in [1.54, 1.807) is 31.2 Å². The van der Waals surface area contributed by atoms with Crippen LogP contribution in [0.15, 0.2) is 42.7 Å². The molecule has 1 fully saturated rings. The van der Waals surface area contributed by atoms with Gasteiger partial charge < -0.3 is 45.3 Å². The van der Waals surface area contributed by atoms with E-state index < -0.39 is 42.1 Å². The first-order valence-electron chi connectivity index (χ1n) is 18.5. The van der Waals surface area contributed by atoms with Gasteiger partial charge in [0, 0.05) is 50.0 Å². The van der Waals surface area contributed by atoms with Gasteiger partial charge in [-0.15, -0.1) is 0 Å². The Morgan fingerprint density at radius 2 is 1.76 bits per heavy atom. The Morgan fingerprint density at radius 3 is 2.54 bits per heavy atom. The zero-order chi connectivity index (χ0) is 42.1. The number of carbonyl (C=O) groups is 5. The van der Waals surface area contributed by atoms with Gasteiger partial charge in [-0.2, -0.15) is 5.10 Å². The number of imide groups is 1. The molecular weight excluding hydrogens is 815 g/mol. The summed E-state index contributed by atoms with van der Waals surface area (Å²) in [4.78, 5) is 72.2. The number of anilines is 3. The maximum Gasteiger partial charge on any atom is 0.323 e. The molecular formula is C37H42Cl2N10O10. The van der Waals surface area contributed by atoms with Gasteiger partial charge in [-0.25, -0.2) is 19.3 Å². The number of methoxy groups -OCH3 is 1. The Hall–Kier alpha value is -5.64. The summed E-state index contributed by atoms with van der Waals surface area (Å²) < 4.78 is 23.8. The van der Waals surface area contributed by atoms with E-state index in [2.05, 4.69) is 41.7 Å². The molecule has 2 aliphatic heterocycles. The average molecular weight is 858 g/mol. The highest BCUT2D eigenvalue weighted by molar-refractivity contribution is 6.31. The van der Waals surface area contributed by atoms with E-state index >= 15 is 0 Å². The second-order valence-electron chi connectivity index (χ2n) is 13.2. The molecule has 0 bridgehead atoms. The van der Waals surface area contributed by atoms with E-state index in [0.717, 1.165) is 4.90 Å². The van der Waals surface area contributed by atoms with E-state index in [4.69, 9.17) is 42.1 Å². The van der Waals surface area contributed by atoms with Gasteiger partial charge in [0.15, 0.2) is 17.0 Å². The Kier molecular flexibility index (Phi) is 14.5. The molecule has 0 aliphatic carbocycles. The number of aromatic nitrogens is 4. The van der Waals surface area contributed by atoms with Crippen molar-refractivity contribution in [1.82, 2.24) is 35.1 Å². The lowest BCUT2D eigenvalue weighted by molar-refractivity contribution is -0.139. The molecule has 1 saturated heterocycles. The Labute approximate surface area is 347 Å². The first-order valence-corrected chi connectivity index (χ1v) is 19.3. The summed E-state index contributed by atoms with van der Waals surface area (Å²) >= 11 is 12.2. The summed E-state index contributed by atoms with van der Waals surface area (Å²) in [6, 6.07) is 6.46. The molecule has 314 valence electrons. The van der Waals surface area contributed by atoms with Crippen LogP contribution in [0.1, 0.15) is 60.1 Å². The number of rotatable bonds is 19. The minimum atomic E-state index is -1.31. The minimum Gasteiger partial charge on any atom is -0.474 e. The average Bonchev–Trinajstić information content (AvgIpc) is 3.71. The van der Waals surface area contributed by atoms with Gasteiger partial charge >= 0.3 is 6.03 Å². The molecule has 2 unspecified atom stereocenters. The standard InChI is InChI=1S/C37H42Cl2N10O10/c1-20(56-2)32-25(19-42-28-17-27(39)47-49(28)32)45-37(55)44-24-16-21(38)18-43-34(24)59-13-10-41-29(50)8-11-57-14-15-58-12-9-40-23-5-3-4-22-31(23)36(54)48(35(22)53)26-6-7-30(51)46-33(26)52/h3-5,16-20,26,35,40,53H,6-15H2,1-2H3,(H,41,50)(H2,44,45,55)(H,46,51,52)/t20-,26?,35?/m0/s1. The number of pyridine rings is 1. The molecule has 0 spiro atoms. The Balaban J connectivity index is 0.857. The summed E-state index contributed by atoms with van der Waals surface area (Å²) in [6.45, 7) is 3.23. The number of amides is 6. The third-order valence-electron chi connectivity index (χ3n) is 9.25. The normalized spacial score (nSPS) is 16.8. The number of urea groups is 1. The van der Waals surface area contributed by atoms with Crippen LogP contribution in [-0.4, -0.2) is 119 Å². The van der Waals surface area contributed by atoms with Gasteiger partial charge in [-0.1, -0.05) is 35.3 Å². The number of aliphatic hydroxyl groups is 1. The number of aliphatic hydroxyl groups excluding tert-OH is 1. The van der Waals surface area contributed by atoms with Gasteiger partial charge in [0.2, 0.25) is 23.6 Å². The second-order valence-corrected chi connectivity index (χ2v) is 14.0. The predicted molar refractivity (Wildman–Crippen MR) is 212 cm³/mol. The van der Waals surface area contributed by atoms with Crippen molar-refractivity contribution < 1.29 is 48.0 Å². The number of piperidine rings is 1. The highest BCUT2D eigenvalue weighted by Crippen LogP contribution is 2.38. The van der Waals surface area contributed by atoms with Crippen LogP contribution in [0.2, 0.25) is 10.2 Å². The minimum absolute atomic E-state index is 0.0359. The van der Waals surface area contributed by atoms with Gasteiger partial charge in [0.05, 0.1) is 67.2 Å². The predicted octanol–water partition coefficient (Wildman–Crippen LogP) is 3.06. The summed E-state index contributed by atoms with van der Waals surface area (Å²) in [5, 5.41) is 29.1. The molecule has 3 aromatic heterocycles. The number of nitrogens with zero attached hydrogens (tertiary/aromatic N) is 5. The van der Waals surface area contributed by atoms with Crippen LogP contribution in [-0.2, 0) is 28.6 Å². The van der Waals surface area contributed by atoms with Crippen LogP contribution in [0.25, 0.3) is 5.65 Å². The van der Waals surface area contributed by atoms with E-state index in [1.807, 2.05) is 0 Å². The van der Waals surface area contributed by atoms with Crippen molar-refractivity contribution in [3.8, 4) is 5.88 Å². The monoisotopic (exact) mass is 856 g/mol. The maximum atomic E-state index is 13.3. The van der Waals surface area contributed by atoms with Crippen LogP contribution < -0.4 is 31.3 Å². The highest BCUT2D eigenvalue weighted by Gasteiger charge is 2.45. The molecule has 22 heteroatoms. The van der Waals surface area contributed by atoms with E-state index in [9.17, 15) is 29.1 Å². The topological polar surface area (TPSA) is 249 Å². The number of carbonyl (C=O) groups excluding carboxylic acids is 5. The third-order valence-corrected chi connectivity index (χ3v) is 9.64. The van der Waals surface area contributed by atoms with Crippen LogP contribution in [0.5, 0.6) is 5.88 Å². The van der Waals surface area contributed by atoms with Crippen molar-refractivity contribution in [2.75, 3.05) is 69.2 Å². The second kappa shape index (κ2) is 19.9. The van der Waals surface area contributed by atoms with Crippen molar-refractivity contribution in [1.29, 1.82) is 0 Å². The van der Waals surface area contributed by atoms with E-state index in [-0.39, 0.29) is 92.1 Å². The molecule has 4 aromatic rings. The number of hydrogen-bond donors (Lipinski definition) is 6. The van der Waals surface area contributed by atoms with Crippen LogP contribution in [0, 0.1) is 0 Å². The zero-order valence-corrected chi connectivity index (χ0v) is 33.5. The fourth-order valence-electron chi connectivity index (χ4n) is 6.42. The molecule has 6 N–H and O–H groups in total. The Bertz CT molecular complexity index is 2210. The first-order chi connectivity index (χ1) is 28.4. The van der Waals surface area contributed by atoms with Crippen molar-refractivity contribution in [2.45, 2.75) is 44.6 Å². The largest absolute Gasteiger partial charge is 0.474 e. The lowest BCUT2D eigenvalue weighted by atomic mass is 10.0. The fourth-order valence-corrected chi connectivity index (χ4v) is 6.75. The van der Waals surface area contributed by atoms with Gasteiger partial charge in [-0.3, -0.25) is 29.4 Å². The van der Waals surface area contributed by atoms with Gasteiger partial charge in [0.1, 0.15) is 18.3 Å². The molecule has 1 aromatic carbocycles. The van der Waals surface area contributed by atoms with Crippen LogP contribution >= 0.6 is 23.2 Å². The fraction of sp³-hybridized carbons (Fsp3) is 0.405. The van der Waals surface area contributed by atoms with Crippen molar-refractivity contribution in [2.24, 2.45) is 0 Å². The molecule has 59 heavy (non-hydrogen) atoms. The first kappa shape index (κ1) is 43.0. The third kappa shape index (κ3) is 10.5. The van der Waals surface area contributed by atoms with Crippen LogP contribution in [0.4, 0.5) is 21.9 Å². The summed E-state index contributed by atoms with van der Waals surface area (Å²) in [5.74, 6) is -1.72. The van der Waals surface area contributed by atoms with Gasteiger partial charge in [0.25, 0.3) is 5.91 Å². The summed E-state index contributed by atoms with van der Waals surface area (Å²) in [7, 11) is 1.52. The summed E-state index contributed by atoms with van der Waals surface area (Å²) in [5.41, 5.74) is 2.61. The quantitative estimate of drug-likeness (QED) is 0.0586. The van der Waals surface area contributed by atoms with Crippen molar-refractivity contribution in [3.63, 3.8) is 0 Å². The number of nitrogens with one attached hydrogen (secondary N) is 5. The lowest BCUT2D eigenvalue weighted by Crippen LogP contribution is -2.53. The smallest absolute Gasteiger partial charge is 0.323 e. The maximum absolute atomic E-state index is 13.3. The van der Waals surface area contributed by atoms with Gasteiger partial charge in [-0.05, 0) is 25.5 Å². The lowest BCUT2D eigenvalue weighted by Gasteiger charge is -2.31. The molecule has 6 rings (SSSR count). The molecule has 0 radical (unpaired) electrons. The molecule has 6 amide bonds. The molecule has 3 atom stereocenters. The number of benzene rings is 1. The number of ether oxygens (including phenoxy) is 4. The number of halogens is 2. The molecule has 20 nitrogen and oxygen atoms in total. The van der Waals surface area contributed by atoms with Crippen LogP contribution in [0.3, 0.4) is 0 Å². The Morgan fingerprint density at radius 1 is 0.983 bits per heavy atom.